The maximum Gasteiger partial charge on any atom is 0.343 e. The Kier molecular flexibility index (Phi) is 7.96. The predicted octanol–water partition coefficient (Wildman–Crippen LogP) is 4.65. The summed E-state index contributed by atoms with van der Waals surface area (Å²) in [5.74, 6) is -0.771. The van der Waals surface area contributed by atoms with E-state index in [0.29, 0.717) is 16.3 Å². The van der Waals surface area contributed by atoms with Gasteiger partial charge in [-0.2, -0.15) is 5.10 Å². The van der Waals surface area contributed by atoms with Gasteiger partial charge in [-0.05, 0) is 42.5 Å². The molecule has 1 amide bonds. The number of halogens is 2. The number of nitrogens with one attached hydrogen (secondary N) is 1. The lowest BCUT2D eigenvalue weighted by atomic mass is 10.2. The van der Waals surface area contributed by atoms with Gasteiger partial charge in [0, 0.05) is 22.7 Å². The highest BCUT2D eigenvalue weighted by Gasteiger charge is 2.13. The molecule has 0 atom stereocenters. The van der Waals surface area contributed by atoms with E-state index in [1.165, 1.54) is 48.7 Å². The first kappa shape index (κ1) is 23.7. The fourth-order valence-corrected chi connectivity index (χ4v) is 2.96. The molecule has 0 aliphatic heterocycles. The number of esters is 1. The van der Waals surface area contributed by atoms with Crippen LogP contribution in [0.2, 0.25) is 10.0 Å². The zero-order valence-corrected chi connectivity index (χ0v) is 18.2. The Bertz CT molecular complexity index is 1220. The van der Waals surface area contributed by atoms with Crippen LogP contribution in [-0.2, 0) is 4.79 Å². The van der Waals surface area contributed by atoms with Gasteiger partial charge < -0.3 is 9.47 Å². The van der Waals surface area contributed by atoms with E-state index >= 15 is 0 Å². The maximum absolute atomic E-state index is 12.4. The molecule has 9 nitrogen and oxygen atoms in total. The molecule has 0 aromatic heterocycles. The second kappa shape index (κ2) is 11.1. The van der Waals surface area contributed by atoms with Crippen molar-refractivity contribution in [3.63, 3.8) is 0 Å². The number of carbonyl (C=O) groups is 2. The molecule has 0 fully saturated rings. The lowest BCUT2D eigenvalue weighted by Gasteiger charge is -2.08. The van der Waals surface area contributed by atoms with Crippen molar-refractivity contribution < 1.29 is 24.0 Å². The molecule has 3 aromatic carbocycles. The number of rotatable bonds is 8. The van der Waals surface area contributed by atoms with Crippen LogP contribution >= 0.6 is 23.2 Å². The first-order valence-electron chi connectivity index (χ1n) is 9.29. The quantitative estimate of drug-likeness (QED) is 0.162. The number of hydrogen-bond acceptors (Lipinski definition) is 7. The SMILES string of the molecule is O=C(COc1ccc(Cl)cc1Cl)NN=Cc1ccccc1OC(=O)c1ccc([N+](=O)[O-])cc1. The largest absolute Gasteiger partial charge is 0.482 e. The molecule has 0 saturated heterocycles. The van der Waals surface area contributed by atoms with E-state index in [2.05, 4.69) is 10.5 Å². The van der Waals surface area contributed by atoms with Gasteiger partial charge in [0.1, 0.15) is 11.5 Å². The lowest BCUT2D eigenvalue weighted by Crippen LogP contribution is -2.24. The molecule has 0 saturated carbocycles. The smallest absolute Gasteiger partial charge is 0.343 e. The molecule has 33 heavy (non-hydrogen) atoms. The second-order valence-electron chi connectivity index (χ2n) is 6.39. The van der Waals surface area contributed by atoms with Crippen molar-refractivity contribution in [3.05, 3.63) is 98.0 Å². The zero-order chi connectivity index (χ0) is 23.8. The summed E-state index contributed by atoms with van der Waals surface area (Å²) in [6.07, 6.45) is 1.30. The van der Waals surface area contributed by atoms with Crippen molar-refractivity contribution in [1.82, 2.24) is 5.43 Å². The van der Waals surface area contributed by atoms with Crippen molar-refractivity contribution in [2.45, 2.75) is 0 Å². The molecule has 3 rings (SSSR count). The van der Waals surface area contributed by atoms with Crippen LogP contribution in [0, 0.1) is 10.1 Å². The first-order chi connectivity index (χ1) is 15.8. The van der Waals surface area contributed by atoms with Crippen LogP contribution < -0.4 is 14.9 Å². The predicted molar refractivity (Wildman–Crippen MR) is 122 cm³/mol. The fourth-order valence-electron chi connectivity index (χ4n) is 2.50. The molecule has 0 radical (unpaired) electrons. The molecule has 3 aromatic rings. The minimum Gasteiger partial charge on any atom is -0.482 e. The highest BCUT2D eigenvalue weighted by atomic mass is 35.5. The Labute approximate surface area is 197 Å². The molecule has 1 N–H and O–H groups in total. The van der Waals surface area contributed by atoms with Gasteiger partial charge in [-0.15, -0.1) is 0 Å². The summed E-state index contributed by atoms with van der Waals surface area (Å²) < 4.78 is 10.7. The summed E-state index contributed by atoms with van der Waals surface area (Å²) in [6.45, 7) is -0.338. The average molecular weight is 488 g/mol. The number of benzene rings is 3. The molecule has 0 heterocycles. The van der Waals surface area contributed by atoms with Gasteiger partial charge in [0.05, 0.1) is 21.7 Å². The van der Waals surface area contributed by atoms with Crippen molar-refractivity contribution in [3.8, 4) is 11.5 Å². The van der Waals surface area contributed by atoms with Crippen molar-refractivity contribution >= 4 is 47.0 Å². The molecule has 0 bridgehead atoms. The molecule has 0 spiro atoms. The third-order valence-electron chi connectivity index (χ3n) is 4.08. The average Bonchev–Trinajstić information content (AvgIpc) is 2.79. The molecule has 168 valence electrons. The van der Waals surface area contributed by atoms with Gasteiger partial charge in [-0.25, -0.2) is 10.2 Å². The number of para-hydroxylation sites is 1. The van der Waals surface area contributed by atoms with Crippen LogP contribution in [0.4, 0.5) is 5.69 Å². The molecule has 0 unspecified atom stereocenters. The molecular formula is C22H15Cl2N3O6. The van der Waals surface area contributed by atoms with Gasteiger partial charge in [-0.1, -0.05) is 35.3 Å². The van der Waals surface area contributed by atoms with Gasteiger partial charge >= 0.3 is 5.97 Å². The van der Waals surface area contributed by atoms with E-state index in [0.717, 1.165) is 0 Å². The minimum absolute atomic E-state index is 0.138. The summed E-state index contributed by atoms with van der Waals surface area (Å²) in [6, 6.07) is 16.1. The summed E-state index contributed by atoms with van der Waals surface area (Å²) in [4.78, 5) is 34.5. The Balaban J connectivity index is 1.58. The zero-order valence-electron chi connectivity index (χ0n) is 16.7. The Hall–Kier alpha value is -3.95. The minimum atomic E-state index is -0.706. The van der Waals surface area contributed by atoms with Crippen molar-refractivity contribution in [2.75, 3.05) is 6.61 Å². The van der Waals surface area contributed by atoms with Gasteiger partial charge in [-0.3, -0.25) is 14.9 Å². The standard InChI is InChI=1S/C22H15Cl2N3O6/c23-16-7-10-20(18(24)11-16)32-13-21(28)26-25-12-15-3-1-2-4-19(15)33-22(29)14-5-8-17(9-6-14)27(30)31/h1-12H,13H2,(H,26,28). The Morgan fingerprint density at radius 3 is 2.45 bits per heavy atom. The number of non-ortho nitro benzene ring substituents is 1. The molecule has 0 aliphatic rings. The van der Waals surface area contributed by atoms with Gasteiger partial charge in [0.25, 0.3) is 11.6 Å². The van der Waals surface area contributed by atoms with E-state index in [1.54, 1.807) is 24.3 Å². The number of nitro benzene ring substituents is 1. The third kappa shape index (κ3) is 6.76. The van der Waals surface area contributed by atoms with Crippen molar-refractivity contribution in [1.29, 1.82) is 0 Å². The number of nitro groups is 1. The third-order valence-corrected chi connectivity index (χ3v) is 4.61. The van der Waals surface area contributed by atoms with Crippen LogP contribution in [0.15, 0.2) is 71.8 Å². The fraction of sp³-hybridized carbons (Fsp3) is 0.0455. The van der Waals surface area contributed by atoms with E-state index in [-0.39, 0.29) is 28.6 Å². The van der Waals surface area contributed by atoms with Crippen LogP contribution in [0.5, 0.6) is 11.5 Å². The summed E-state index contributed by atoms with van der Waals surface area (Å²) in [5.41, 5.74) is 2.70. The van der Waals surface area contributed by atoms with Crippen LogP contribution in [-0.4, -0.2) is 29.6 Å². The van der Waals surface area contributed by atoms with Crippen LogP contribution in [0.3, 0.4) is 0 Å². The van der Waals surface area contributed by atoms with E-state index in [4.69, 9.17) is 32.7 Å². The van der Waals surface area contributed by atoms with Crippen molar-refractivity contribution in [2.24, 2.45) is 5.10 Å². The van der Waals surface area contributed by atoms with Gasteiger partial charge in [0.2, 0.25) is 0 Å². The van der Waals surface area contributed by atoms with E-state index < -0.39 is 16.8 Å². The highest BCUT2D eigenvalue weighted by Crippen LogP contribution is 2.27. The number of hydrazone groups is 1. The summed E-state index contributed by atoms with van der Waals surface area (Å²) in [7, 11) is 0. The second-order valence-corrected chi connectivity index (χ2v) is 7.23. The molecule has 0 aliphatic carbocycles. The Morgan fingerprint density at radius 2 is 1.76 bits per heavy atom. The normalized spacial score (nSPS) is 10.6. The first-order valence-corrected chi connectivity index (χ1v) is 10.0. The highest BCUT2D eigenvalue weighted by molar-refractivity contribution is 6.35. The van der Waals surface area contributed by atoms with Gasteiger partial charge in [0.15, 0.2) is 6.61 Å². The molecular weight excluding hydrogens is 473 g/mol. The monoisotopic (exact) mass is 487 g/mol. The maximum atomic E-state index is 12.4. The number of carbonyl (C=O) groups excluding carboxylic acids is 2. The summed E-state index contributed by atoms with van der Waals surface area (Å²) in [5, 5.41) is 15.3. The molecule has 11 heteroatoms. The van der Waals surface area contributed by atoms with Crippen LogP contribution in [0.25, 0.3) is 0 Å². The number of amides is 1. The Morgan fingerprint density at radius 1 is 1.03 bits per heavy atom. The number of nitrogens with zero attached hydrogens (tertiary/aromatic N) is 2. The lowest BCUT2D eigenvalue weighted by molar-refractivity contribution is -0.384. The van der Waals surface area contributed by atoms with E-state index in [9.17, 15) is 19.7 Å². The summed E-state index contributed by atoms with van der Waals surface area (Å²) >= 11 is 11.8. The van der Waals surface area contributed by atoms with Crippen LogP contribution in [0.1, 0.15) is 15.9 Å². The number of hydrogen-bond donors (Lipinski definition) is 1. The number of ether oxygens (including phenoxy) is 2. The topological polar surface area (TPSA) is 120 Å². The van der Waals surface area contributed by atoms with E-state index in [1.807, 2.05) is 0 Å².